The topological polar surface area (TPSA) is 26.3 Å². The average molecular weight is 256 g/mol. The summed E-state index contributed by atoms with van der Waals surface area (Å²) in [4.78, 5) is 11.9. The van der Waals surface area contributed by atoms with Crippen LogP contribution in [0.4, 0.5) is 4.39 Å². The molecule has 0 bridgehead atoms. The molecule has 0 aliphatic heterocycles. The molecule has 17 heavy (non-hydrogen) atoms. The Kier molecular flexibility index (Phi) is 5.00. The molecule has 0 radical (unpaired) electrons. The van der Waals surface area contributed by atoms with Crippen molar-refractivity contribution in [2.45, 2.75) is 25.7 Å². The number of rotatable bonds is 4. The van der Waals surface area contributed by atoms with E-state index in [1.807, 2.05) is 20.8 Å². The van der Waals surface area contributed by atoms with Gasteiger partial charge >= 0.3 is 5.97 Å². The highest BCUT2D eigenvalue weighted by Gasteiger charge is 2.14. The third-order valence-electron chi connectivity index (χ3n) is 1.85. The molecule has 0 saturated heterocycles. The van der Waals surface area contributed by atoms with Gasteiger partial charge in [0.05, 0.1) is 12.4 Å². The van der Waals surface area contributed by atoms with Crippen molar-refractivity contribution in [1.82, 2.24) is 0 Å². The fraction of sp³-hybridized carbons (Fsp3) is 0.462. The van der Waals surface area contributed by atoms with E-state index in [1.54, 1.807) is 18.2 Å². The number of carbonyl (C=O) groups excluding carboxylic acids is 1. The van der Waals surface area contributed by atoms with Crippen LogP contribution in [0.3, 0.4) is 0 Å². The fourth-order valence-corrected chi connectivity index (χ4v) is 1.77. The van der Waals surface area contributed by atoms with Gasteiger partial charge in [0.2, 0.25) is 0 Å². The van der Waals surface area contributed by atoms with Crippen molar-refractivity contribution in [2.24, 2.45) is 5.41 Å². The van der Waals surface area contributed by atoms with Gasteiger partial charge in [-0.25, -0.2) is 4.39 Å². The highest BCUT2D eigenvalue weighted by Crippen LogP contribution is 2.21. The summed E-state index contributed by atoms with van der Waals surface area (Å²) in [5.74, 6) is -0.480. The van der Waals surface area contributed by atoms with Crippen LogP contribution >= 0.6 is 11.8 Å². The number of hydrogen-bond donors (Lipinski definition) is 0. The molecule has 0 unspecified atom stereocenters. The van der Waals surface area contributed by atoms with E-state index in [1.165, 1.54) is 6.07 Å². The molecule has 0 aliphatic rings. The minimum atomic E-state index is -0.312. The maximum atomic E-state index is 13.2. The highest BCUT2D eigenvalue weighted by atomic mass is 32.2. The zero-order valence-corrected chi connectivity index (χ0v) is 11.1. The maximum Gasteiger partial charge on any atom is 0.316 e. The first-order valence-corrected chi connectivity index (χ1v) is 6.40. The molecular formula is C13H17FO2S. The van der Waals surface area contributed by atoms with E-state index < -0.39 is 0 Å². The maximum absolute atomic E-state index is 13.2. The molecule has 0 saturated carbocycles. The number of esters is 1. The lowest BCUT2D eigenvalue weighted by molar-refractivity contribution is -0.143. The Hall–Kier alpha value is -1.03. The zero-order chi connectivity index (χ0) is 12.9. The molecule has 2 nitrogen and oxygen atoms in total. The van der Waals surface area contributed by atoms with E-state index in [0.717, 1.165) is 11.8 Å². The van der Waals surface area contributed by atoms with Gasteiger partial charge in [-0.05, 0) is 17.5 Å². The number of thioether (sulfide) groups is 1. The molecule has 0 spiro atoms. The lowest BCUT2D eigenvalue weighted by Gasteiger charge is -2.17. The Balaban J connectivity index is 2.36. The van der Waals surface area contributed by atoms with Crippen LogP contribution in [0.25, 0.3) is 0 Å². The lowest BCUT2D eigenvalue weighted by Crippen LogP contribution is -2.19. The summed E-state index contributed by atoms with van der Waals surface area (Å²) in [5.41, 5.74) is -0.0433. The molecule has 4 heteroatoms. The van der Waals surface area contributed by atoms with Crippen LogP contribution in [0.15, 0.2) is 29.2 Å². The van der Waals surface area contributed by atoms with E-state index in [9.17, 15) is 9.18 Å². The van der Waals surface area contributed by atoms with Crippen LogP contribution in [-0.4, -0.2) is 18.3 Å². The van der Waals surface area contributed by atoms with Crippen LogP contribution in [0.2, 0.25) is 0 Å². The number of ether oxygens (including phenoxy) is 1. The summed E-state index contributed by atoms with van der Waals surface area (Å²) in [6.07, 6.45) is 0. The van der Waals surface area contributed by atoms with Gasteiger partial charge in [0, 0.05) is 4.90 Å². The van der Waals surface area contributed by atoms with Crippen molar-refractivity contribution in [1.29, 1.82) is 0 Å². The fourth-order valence-electron chi connectivity index (χ4n) is 1.04. The predicted molar refractivity (Wildman–Crippen MR) is 67.5 cm³/mol. The second-order valence-corrected chi connectivity index (χ2v) is 5.96. The third-order valence-corrected chi connectivity index (χ3v) is 2.87. The molecule has 1 rings (SSSR count). The normalized spacial score (nSPS) is 11.3. The first kappa shape index (κ1) is 14.0. The highest BCUT2D eigenvalue weighted by molar-refractivity contribution is 8.00. The molecular weight excluding hydrogens is 239 g/mol. The van der Waals surface area contributed by atoms with E-state index in [4.69, 9.17) is 4.74 Å². The van der Waals surface area contributed by atoms with Gasteiger partial charge in [-0.15, -0.1) is 11.8 Å². The van der Waals surface area contributed by atoms with E-state index in [-0.39, 0.29) is 23.0 Å². The molecule has 1 aromatic rings. The minimum absolute atomic E-state index is 0.0433. The summed E-state index contributed by atoms with van der Waals surface area (Å²) in [6.45, 7) is 6.35. The summed E-state index contributed by atoms with van der Waals surface area (Å²) in [5, 5.41) is 0. The second-order valence-electron chi connectivity index (χ2n) is 4.94. The van der Waals surface area contributed by atoms with Crippen molar-refractivity contribution in [3.8, 4) is 0 Å². The lowest BCUT2D eigenvalue weighted by atomic mass is 9.99. The van der Waals surface area contributed by atoms with Gasteiger partial charge in [0.25, 0.3) is 0 Å². The summed E-state index contributed by atoms with van der Waals surface area (Å²) >= 11 is 1.16. The van der Waals surface area contributed by atoms with Crippen molar-refractivity contribution >= 4 is 17.7 Å². The summed E-state index contributed by atoms with van der Waals surface area (Å²) in [6, 6.07) is 6.39. The molecule has 0 aliphatic carbocycles. The van der Waals surface area contributed by atoms with Crippen molar-refractivity contribution in [3.63, 3.8) is 0 Å². The molecule has 0 amide bonds. The van der Waals surface area contributed by atoms with Gasteiger partial charge in [-0.2, -0.15) is 0 Å². The molecule has 0 fully saturated rings. The number of hydrogen-bond acceptors (Lipinski definition) is 3. The summed E-state index contributed by atoms with van der Waals surface area (Å²) < 4.78 is 18.3. The molecule has 0 N–H and O–H groups in total. The Morgan fingerprint density at radius 1 is 1.35 bits per heavy atom. The van der Waals surface area contributed by atoms with Crippen molar-refractivity contribution in [3.05, 3.63) is 30.1 Å². The van der Waals surface area contributed by atoms with Gasteiger partial charge < -0.3 is 4.74 Å². The quantitative estimate of drug-likeness (QED) is 0.609. The Bertz CT molecular complexity index is 385. The van der Waals surface area contributed by atoms with Crippen LogP contribution in [0, 0.1) is 11.2 Å². The molecule has 0 heterocycles. The first-order valence-electron chi connectivity index (χ1n) is 5.41. The summed E-state index contributed by atoms with van der Waals surface area (Å²) in [7, 11) is 0. The van der Waals surface area contributed by atoms with Crippen LogP contribution in [-0.2, 0) is 9.53 Å². The Labute approximate surface area is 106 Å². The van der Waals surface area contributed by atoms with Crippen LogP contribution in [0.1, 0.15) is 20.8 Å². The monoisotopic (exact) mass is 256 g/mol. The predicted octanol–water partition coefficient (Wildman–Crippen LogP) is 3.51. The van der Waals surface area contributed by atoms with Crippen LogP contribution in [0.5, 0.6) is 0 Å². The average Bonchev–Trinajstić information content (AvgIpc) is 2.24. The second kappa shape index (κ2) is 6.05. The van der Waals surface area contributed by atoms with Crippen LogP contribution < -0.4 is 0 Å². The molecule has 0 aromatic heterocycles. The van der Waals surface area contributed by atoms with Gasteiger partial charge in [0.15, 0.2) is 0 Å². The Morgan fingerprint density at radius 3 is 2.59 bits per heavy atom. The molecule has 0 atom stereocenters. The standard InChI is InChI=1S/C13H17FO2S/c1-13(2,3)9-16-12(15)8-17-11-7-5-4-6-10(11)14/h4-7H,8-9H2,1-3H3. The zero-order valence-electron chi connectivity index (χ0n) is 10.3. The van der Waals surface area contributed by atoms with E-state index >= 15 is 0 Å². The Morgan fingerprint density at radius 2 is 2.00 bits per heavy atom. The van der Waals surface area contributed by atoms with E-state index in [2.05, 4.69) is 0 Å². The number of benzene rings is 1. The van der Waals surface area contributed by atoms with Gasteiger partial charge in [-0.1, -0.05) is 32.9 Å². The first-order chi connectivity index (χ1) is 7.88. The third kappa shape index (κ3) is 5.73. The molecule has 94 valence electrons. The minimum Gasteiger partial charge on any atom is -0.465 e. The largest absolute Gasteiger partial charge is 0.465 e. The van der Waals surface area contributed by atoms with E-state index in [0.29, 0.717) is 11.5 Å². The smallest absolute Gasteiger partial charge is 0.316 e. The van der Waals surface area contributed by atoms with Gasteiger partial charge in [0.1, 0.15) is 5.82 Å². The van der Waals surface area contributed by atoms with Crippen molar-refractivity contribution in [2.75, 3.05) is 12.4 Å². The molecule has 1 aromatic carbocycles. The van der Waals surface area contributed by atoms with Gasteiger partial charge in [-0.3, -0.25) is 4.79 Å². The SMILES string of the molecule is CC(C)(C)COC(=O)CSc1ccccc1F. The van der Waals surface area contributed by atoms with Crippen molar-refractivity contribution < 1.29 is 13.9 Å². The number of carbonyl (C=O) groups is 1. The number of halogens is 1.